The highest BCUT2D eigenvalue weighted by atomic mass is 127. The Morgan fingerprint density at radius 3 is 1.89 bits per heavy atom. The first kappa shape index (κ1) is 18.7. The minimum absolute atomic E-state index is 0.764. The molecule has 0 atom stereocenters. The minimum atomic E-state index is -0.833. The van der Waals surface area contributed by atoms with Crippen molar-refractivity contribution < 1.29 is 19.8 Å². The van der Waals surface area contributed by atoms with Gasteiger partial charge in [0, 0.05) is 17.4 Å². The largest absolute Gasteiger partial charge is 0.481 e. The number of carboxylic acid groups (broad SMARTS) is 2. The van der Waals surface area contributed by atoms with Crippen molar-refractivity contribution in [3.05, 3.63) is 32.9 Å². The Kier molecular flexibility index (Phi) is 11.0. The van der Waals surface area contributed by atoms with Crippen LogP contribution in [0.15, 0.2) is 18.2 Å². The van der Waals surface area contributed by atoms with Crippen molar-refractivity contribution in [2.45, 2.75) is 20.8 Å². The molecule has 98 valence electrons. The predicted octanol–water partition coefficient (Wildman–Crippen LogP) is 2.65. The standard InChI is InChI=1S/C8H6IN.2C2H4O2/c1-6-3-2-4-7(5-10)8(6)9;2*1-2(3)4/h2-4H,1H3;2*1H3,(H,3,4). The smallest absolute Gasteiger partial charge is 0.300 e. The number of carboxylic acids is 2. The quantitative estimate of drug-likeness (QED) is 0.691. The average molecular weight is 363 g/mol. The molecule has 0 aliphatic heterocycles. The van der Waals surface area contributed by atoms with Crippen LogP contribution in [-0.4, -0.2) is 22.2 Å². The molecule has 1 aromatic carbocycles. The molecule has 0 saturated carbocycles. The minimum Gasteiger partial charge on any atom is -0.481 e. The van der Waals surface area contributed by atoms with Crippen molar-refractivity contribution in [3.8, 4) is 6.07 Å². The van der Waals surface area contributed by atoms with E-state index in [2.05, 4.69) is 28.7 Å². The monoisotopic (exact) mass is 363 g/mol. The van der Waals surface area contributed by atoms with E-state index >= 15 is 0 Å². The molecule has 0 unspecified atom stereocenters. The molecule has 2 N–H and O–H groups in total. The van der Waals surface area contributed by atoms with Crippen LogP contribution in [-0.2, 0) is 9.59 Å². The van der Waals surface area contributed by atoms with Crippen molar-refractivity contribution >= 4 is 34.5 Å². The van der Waals surface area contributed by atoms with Crippen LogP contribution in [0.5, 0.6) is 0 Å². The number of benzene rings is 1. The van der Waals surface area contributed by atoms with Crippen molar-refractivity contribution in [3.63, 3.8) is 0 Å². The molecule has 18 heavy (non-hydrogen) atoms. The lowest BCUT2D eigenvalue weighted by atomic mass is 10.2. The Morgan fingerprint density at radius 2 is 1.61 bits per heavy atom. The van der Waals surface area contributed by atoms with Crippen LogP contribution in [0.2, 0.25) is 0 Å². The summed E-state index contributed by atoms with van der Waals surface area (Å²) in [4.78, 5) is 18.0. The third-order valence-corrected chi connectivity index (χ3v) is 2.74. The maximum Gasteiger partial charge on any atom is 0.300 e. The van der Waals surface area contributed by atoms with Gasteiger partial charge in [-0.15, -0.1) is 0 Å². The molecular formula is C12H14INO4. The lowest BCUT2D eigenvalue weighted by molar-refractivity contribution is -0.135. The predicted molar refractivity (Wildman–Crippen MR) is 75.2 cm³/mol. The van der Waals surface area contributed by atoms with Crippen molar-refractivity contribution in [2.24, 2.45) is 0 Å². The number of hydrogen-bond acceptors (Lipinski definition) is 3. The van der Waals surface area contributed by atoms with Gasteiger partial charge in [-0.3, -0.25) is 9.59 Å². The highest BCUT2D eigenvalue weighted by Crippen LogP contribution is 2.14. The van der Waals surface area contributed by atoms with E-state index in [0.717, 1.165) is 23.0 Å². The molecule has 1 aromatic rings. The molecule has 6 heteroatoms. The Bertz CT molecular complexity index is 432. The molecule has 0 bridgehead atoms. The van der Waals surface area contributed by atoms with Crippen LogP contribution in [0.25, 0.3) is 0 Å². The maximum absolute atomic E-state index is 9.00. The van der Waals surface area contributed by atoms with Crippen LogP contribution in [0.1, 0.15) is 25.0 Å². The van der Waals surface area contributed by atoms with Crippen molar-refractivity contribution in [1.82, 2.24) is 0 Å². The zero-order valence-electron chi connectivity index (χ0n) is 10.3. The molecular weight excluding hydrogens is 349 g/mol. The third kappa shape index (κ3) is 12.4. The summed E-state index contributed by atoms with van der Waals surface area (Å²) in [6, 6.07) is 7.86. The van der Waals surface area contributed by atoms with Crippen molar-refractivity contribution in [2.75, 3.05) is 0 Å². The fourth-order valence-corrected chi connectivity index (χ4v) is 1.21. The van der Waals surface area contributed by atoms with E-state index in [9.17, 15) is 0 Å². The number of nitriles is 1. The topological polar surface area (TPSA) is 98.4 Å². The third-order valence-electron chi connectivity index (χ3n) is 1.31. The molecule has 0 aliphatic rings. The van der Waals surface area contributed by atoms with Gasteiger partial charge in [0.2, 0.25) is 0 Å². The molecule has 0 saturated heterocycles. The number of aryl methyl sites for hydroxylation is 1. The highest BCUT2D eigenvalue weighted by molar-refractivity contribution is 14.1. The van der Waals surface area contributed by atoms with Crippen molar-refractivity contribution in [1.29, 1.82) is 5.26 Å². The van der Waals surface area contributed by atoms with Gasteiger partial charge in [-0.2, -0.15) is 5.26 Å². The van der Waals surface area contributed by atoms with Gasteiger partial charge >= 0.3 is 0 Å². The van der Waals surface area contributed by atoms with E-state index in [1.54, 1.807) is 0 Å². The van der Waals surface area contributed by atoms with Crippen LogP contribution in [0.3, 0.4) is 0 Å². The van der Waals surface area contributed by atoms with Gasteiger partial charge in [-0.05, 0) is 41.1 Å². The van der Waals surface area contributed by atoms with E-state index in [1.807, 2.05) is 25.1 Å². The van der Waals surface area contributed by atoms with E-state index in [0.29, 0.717) is 0 Å². The Hall–Kier alpha value is -1.62. The first-order valence-electron chi connectivity index (χ1n) is 4.76. The number of aliphatic carboxylic acids is 2. The summed E-state index contributed by atoms with van der Waals surface area (Å²) in [7, 11) is 0. The SMILES string of the molecule is CC(=O)O.CC(=O)O.Cc1cccc(C#N)c1I. The molecule has 0 aliphatic carbocycles. The van der Waals surface area contributed by atoms with Gasteiger partial charge in [-0.1, -0.05) is 12.1 Å². The van der Waals surface area contributed by atoms with Gasteiger partial charge in [0.1, 0.15) is 6.07 Å². The zero-order chi connectivity index (χ0) is 14.7. The zero-order valence-corrected chi connectivity index (χ0v) is 12.4. The molecule has 0 spiro atoms. The summed E-state index contributed by atoms with van der Waals surface area (Å²) in [5.74, 6) is -1.67. The van der Waals surface area contributed by atoms with Crippen LogP contribution in [0, 0.1) is 21.8 Å². The fraction of sp³-hybridized carbons (Fsp3) is 0.250. The summed E-state index contributed by atoms with van der Waals surface area (Å²) in [5, 5.41) is 23.4. The number of halogens is 1. The van der Waals surface area contributed by atoms with Gasteiger partial charge in [0.05, 0.1) is 5.56 Å². The van der Waals surface area contributed by atoms with Gasteiger partial charge in [0.25, 0.3) is 11.9 Å². The van der Waals surface area contributed by atoms with Gasteiger partial charge in [0.15, 0.2) is 0 Å². The molecule has 0 heterocycles. The van der Waals surface area contributed by atoms with Crippen LogP contribution < -0.4 is 0 Å². The Morgan fingerprint density at radius 1 is 1.22 bits per heavy atom. The lowest BCUT2D eigenvalue weighted by Crippen LogP contribution is -1.84. The Balaban J connectivity index is 0. The second-order valence-electron chi connectivity index (χ2n) is 3.09. The second-order valence-corrected chi connectivity index (χ2v) is 4.17. The lowest BCUT2D eigenvalue weighted by Gasteiger charge is -1.96. The average Bonchev–Trinajstić information content (AvgIpc) is 2.20. The first-order valence-corrected chi connectivity index (χ1v) is 5.84. The highest BCUT2D eigenvalue weighted by Gasteiger charge is 1.98. The molecule has 0 aromatic heterocycles. The van der Waals surface area contributed by atoms with Crippen LogP contribution in [0.4, 0.5) is 0 Å². The summed E-state index contributed by atoms with van der Waals surface area (Å²) in [6.45, 7) is 4.17. The fourth-order valence-electron chi connectivity index (χ4n) is 0.734. The van der Waals surface area contributed by atoms with E-state index < -0.39 is 11.9 Å². The summed E-state index contributed by atoms with van der Waals surface area (Å²) >= 11 is 2.18. The number of carbonyl (C=O) groups is 2. The number of nitrogens with zero attached hydrogens (tertiary/aromatic N) is 1. The van der Waals surface area contributed by atoms with E-state index in [1.165, 1.54) is 5.56 Å². The molecule has 1 rings (SSSR count). The van der Waals surface area contributed by atoms with Crippen LogP contribution >= 0.6 is 22.6 Å². The first-order chi connectivity index (χ1) is 8.22. The number of hydrogen-bond donors (Lipinski definition) is 2. The number of rotatable bonds is 0. The summed E-state index contributed by atoms with van der Waals surface area (Å²) in [5.41, 5.74) is 1.93. The van der Waals surface area contributed by atoms with Gasteiger partial charge < -0.3 is 10.2 Å². The van der Waals surface area contributed by atoms with Gasteiger partial charge in [-0.25, -0.2) is 0 Å². The van der Waals surface area contributed by atoms with E-state index in [4.69, 9.17) is 25.1 Å². The molecule has 5 nitrogen and oxygen atoms in total. The molecule has 0 radical (unpaired) electrons. The second kappa shape index (κ2) is 10.5. The Labute approximate surface area is 119 Å². The van der Waals surface area contributed by atoms with E-state index in [-0.39, 0.29) is 0 Å². The maximum atomic E-state index is 9.00. The molecule has 0 fully saturated rings. The molecule has 0 amide bonds. The summed E-state index contributed by atoms with van der Waals surface area (Å²) in [6.07, 6.45) is 0. The normalized spacial score (nSPS) is 7.72. The summed E-state index contributed by atoms with van der Waals surface area (Å²) < 4.78 is 1.06.